The van der Waals surface area contributed by atoms with Crippen molar-refractivity contribution in [3.8, 4) is 0 Å². The Morgan fingerprint density at radius 3 is 2.09 bits per heavy atom. The van der Waals surface area contributed by atoms with Gasteiger partial charge in [0.25, 0.3) is 0 Å². The van der Waals surface area contributed by atoms with Crippen LogP contribution in [0.3, 0.4) is 0 Å². The van der Waals surface area contributed by atoms with Crippen molar-refractivity contribution in [1.82, 2.24) is 0 Å². The van der Waals surface area contributed by atoms with Crippen LogP contribution >= 0.6 is 0 Å². The van der Waals surface area contributed by atoms with Gasteiger partial charge in [-0.05, 0) is 117 Å². The van der Waals surface area contributed by atoms with Gasteiger partial charge in [0.15, 0.2) is 0 Å². The smallest absolute Gasteiger partial charge is 0.0865 e. The molecule has 0 amide bonds. The van der Waals surface area contributed by atoms with Gasteiger partial charge in [-0.1, -0.05) is 27.7 Å². The monoisotopic (exact) mass is 490 g/mol. The summed E-state index contributed by atoms with van der Waals surface area (Å²) in [5.41, 5.74) is -1.35. The molecule has 6 rings (SSSR count). The summed E-state index contributed by atoms with van der Waals surface area (Å²) < 4.78 is 6.66. The van der Waals surface area contributed by atoms with Crippen LogP contribution in [0.2, 0.25) is 0 Å². The topological polar surface area (TPSA) is 90.2 Å². The zero-order valence-electron chi connectivity index (χ0n) is 23.1. The second-order valence-electron chi connectivity index (χ2n) is 15.9. The van der Waals surface area contributed by atoms with Gasteiger partial charge in [-0.2, -0.15) is 0 Å². The van der Waals surface area contributed by atoms with Crippen LogP contribution in [0.5, 0.6) is 0 Å². The zero-order valence-corrected chi connectivity index (χ0v) is 23.1. The minimum absolute atomic E-state index is 0.0267. The van der Waals surface area contributed by atoms with E-state index in [0.29, 0.717) is 5.92 Å². The third-order valence-electron chi connectivity index (χ3n) is 13.8. The molecule has 5 nitrogen and oxygen atoms in total. The van der Waals surface area contributed by atoms with Gasteiger partial charge in [0.1, 0.15) is 0 Å². The largest absolute Gasteiger partial charge is 0.393 e. The van der Waals surface area contributed by atoms with Gasteiger partial charge < -0.3 is 25.2 Å². The molecule has 1 heterocycles. The molecule has 6 aliphatic rings. The van der Waals surface area contributed by atoms with Crippen molar-refractivity contribution in [2.75, 3.05) is 0 Å². The fourth-order valence-corrected chi connectivity index (χ4v) is 12.1. The van der Waals surface area contributed by atoms with Crippen molar-refractivity contribution in [2.45, 2.75) is 142 Å². The van der Waals surface area contributed by atoms with E-state index in [2.05, 4.69) is 34.6 Å². The number of ether oxygens (including phenoxy) is 1. The summed E-state index contributed by atoms with van der Waals surface area (Å²) in [4.78, 5) is 0. The SMILES string of the molecule is CC(C)(O)C1CC[C@](C)([C@H]2C(O)C[C@@]3(C)C4C[C@H](O)[C@H]5C(C)(C)C(O)CCC56CC46CCC23C)O1. The number of fused-ring (bicyclic) bond motifs is 2. The van der Waals surface area contributed by atoms with Crippen LogP contribution in [0.25, 0.3) is 0 Å². The fraction of sp³-hybridized carbons (Fsp3) is 1.00. The molecule has 200 valence electrons. The molecule has 0 aromatic rings. The normalized spacial score (nSPS) is 60.9. The molecular formula is C30H50O5. The zero-order chi connectivity index (χ0) is 25.6. The van der Waals surface area contributed by atoms with E-state index in [9.17, 15) is 20.4 Å². The predicted octanol–water partition coefficient (Wildman–Crippen LogP) is 4.44. The molecule has 7 unspecified atom stereocenters. The Kier molecular flexibility index (Phi) is 4.92. The van der Waals surface area contributed by atoms with Crippen molar-refractivity contribution in [1.29, 1.82) is 0 Å². The highest BCUT2D eigenvalue weighted by molar-refractivity contribution is 5.33. The van der Waals surface area contributed by atoms with Gasteiger partial charge in [0, 0.05) is 5.92 Å². The van der Waals surface area contributed by atoms with Gasteiger partial charge in [-0.15, -0.1) is 0 Å². The fourth-order valence-electron chi connectivity index (χ4n) is 12.1. The highest BCUT2D eigenvalue weighted by atomic mass is 16.5. The van der Waals surface area contributed by atoms with Crippen molar-refractivity contribution < 1.29 is 25.2 Å². The molecule has 1 saturated heterocycles. The summed E-state index contributed by atoms with van der Waals surface area (Å²) in [6.07, 6.45) is 7.18. The van der Waals surface area contributed by atoms with E-state index in [1.54, 1.807) is 0 Å². The van der Waals surface area contributed by atoms with Gasteiger partial charge in [0.05, 0.1) is 35.6 Å². The minimum Gasteiger partial charge on any atom is -0.393 e. The summed E-state index contributed by atoms with van der Waals surface area (Å²) in [7, 11) is 0. The molecule has 0 aromatic heterocycles. The quantitative estimate of drug-likeness (QED) is 0.460. The predicted molar refractivity (Wildman–Crippen MR) is 134 cm³/mol. The second-order valence-corrected chi connectivity index (χ2v) is 15.9. The van der Waals surface area contributed by atoms with Crippen LogP contribution in [-0.2, 0) is 4.74 Å². The number of hydrogen-bond donors (Lipinski definition) is 4. The first-order chi connectivity index (χ1) is 16.0. The highest BCUT2D eigenvalue weighted by Crippen LogP contribution is 2.89. The Balaban J connectivity index is 1.37. The van der Waals surface area contributed by atoms with Crippen molar-refractivity contribution in [3.63, 3.8) is 0 Å². The lowest BCUT2D eigenvalue weighted by atomic mass is 9.41. The van der Waals surface area contributed by atoms with Crippen LogP contribution in [0.1, 0.15) is 106 Å². The first-order valence-electron chi connectivity index (χ1n) is 14.4. The van der Waals surface area contributed by atoms with E-state index >= 15 is 0 Å². The summed E-state index contributed by atoms with van der Waals surface area (Å²) in [6.45, 7) is 15.0. The molecule has 5 saturated carbocycles. The average Bonchev–Trinajstić information content (AvgIpc) is 3.08. The Bertz CT molecular complexity index is 911. The number of hydrogen-bond acceptors (Lipinski definition) is 5. The summed E-state index contributed by atoms with van der Waals surface area (Å²) in [5.74, 6) is 0.577. The Morgan fingerprint density at radius 1 is 0.771 bits per heavy atom. The van der Waals surface area contributed by atoms with Crippen LogP contribution in [0.4, 0.5) is 0 Å². The van der Waals surface area contributed by atoms with Gasteiger partial charge in [-0.25, -0.2) is 0 Å². The average molecular weight is 491 g/mol. The molecule has 6 fully saturated rings. The molecule has 5 aliphatic carbocycles. The lowest BCUT2D eigenvalue weighted by molar-refractivity contribution is -0.213. The van der Waals surface area contributed by atoms with Crippen LogP contribution in [0, 0.1) is 44.8 Å². The molecule has 0 aromatic carbocycles. The minimum atomic E-state index is -0.886. The van der Waals surface area contributed by atoms with E-state index < -0.39 is 23.4 Å². The number of rotatable bonds is 2. The molecule has 35 heavy (non-hydrogen) atoms. The second kappa shape index (κ2) is 6.86. The Labute approximate surface area is 212 Å². The Hall–Kier alpha value is -0.200. The van der Waals surface area contributed by atoms with E-state index in [0.717, 1.165) is 51.4 Å². The lowest BCUT2D eigenvalue weighted by Crippen LogP contribution is -2.62. The van der Waals surface area contributed by atoms with Crippen molar-refractivity contribution in [2.24, 2.45) is 44.8 Å². The van der Waals surface area contributed by atoms with Crippen molar-refractivity contribution >= 4 is 0 Å². The molecule has 0 bridgehead atoms. The van der Waals surface area contributed by atoms with Crippen LogP contribution in [0.15, 0.2) is 0 Å². The van der Waals surface area contributed by atoms with Gasteiger partial charge in [0.2, 0.25) is 0 Å². The summed E-state index contributed by atoms with van der Waals surface area (Å²) >= 11 is 0. The third kappa shape index (κ3) is 2.78. The van der Waals surface area contributed by atoms with E-state index in [-0.39, 0.29) is 51.1 Å². The van der Waals surface area contributed by atoms with E-state index in [1.165, 1.54) is 6.42 Å². The standard InChI is InChI=1S/C30H50O5/c1-24(2)20(33)8-11-30-16-29(30)13-12-26(5)23(28(7)10-9-21(35-28)25(3,4)34)18(32)15-27(26,6)19(29)14-17(31)22(24)30/h17-23,31-34H,8-16H2,1-7H3/t17-,18?,19?,20?,21?,22-,23-,26?,27-,28+,29?,30?/m0/s1. The first-order valence-corrected chi connectivity index (χ1v) is 14.4. The summed E-state index contributed by atoms with van der Waals surface area (Å²) in [5, 5.41) is 45.0. The maximum atomic E-state index is 11.7. The maximum Gasteiger partial charge on any atom is 0.0865 e. The molecule has 5 heteroatoms. The third-order valence-corrected chi connectivity index (χ3v) is 13.8. The molecular weight excluding hydrogens is 440 g/mol. The van der Waals surface area contributed by atoms with Crippen LogP contribution < -0.4 is 0 Å². The van der Waals surface area contributed by atoms with E-state index in [4.69, 9.17) is 4.74 Å². The molecule has 0 radical (unpaired) electrons. The number of aliphatic hydroxyl groups excluding tert-OH is 3. The van der Waals surface area contributed by atoms with Gasteiger partial charge in [-0.3, -0.25) is 0 Å². The highest BCUT2D eigenvalue weighted by Gasteiger charge is 2.84. The first kappa shape index (κ1) is 25.1. The molecule has 2 spiro atoms. The lowest BCUT2D eigenvalue weighted by Gasteiger charge is -2.64. The number of aliphatic hydroxyl groups is 4. The van der Waals surface area contributed by atoms with E-state index in [1.807, 2.05) is 13.8 Å². The molecule has 12 atom stereocenters. The molecule has 1 aliphatic heterocycles. The Morgan fingerprint density at radius 2 is 1.46 bits per heavy atom. The van der Waals surface area contributed by atoms with Crippen molar-refractivity contribution in [3.05, 3.63) is 0 Å². The van der Waals surface area contributed by atoms with Crippen LogP contribution in [-0.4, -0.2) is 56.0 Å². The van der Waals surface area contributed by atoms with Gasteiger partial charge >= 0.3 is 0 Å². The molecule has 4 N–H and O–H groups in total. The summed E-state index contributed by atoms with van der Waals surface area (Å²) in [6, 6.07) is 0. The maximum absolute atomic E-state index is 11.7.